The van der Waals surface area contributed by atoms with E-state index in [4.69, 9.17) is 11.6 Å². The third-order valence-corrected chi connectivity index (χ3v) is 5.85. The quantitative estimate of drug-likeness (QED) is 0.425. The molecule has 1 atom stereocenters. The van der Waals surface area contributed by atoms with Crippen molar-refractivity contribution >= 4 is 34.1 Å². The van der Waals surface area contributed by atoms with Crippen LogP contribution in [-0.4, -0.2) is 10.5 Å². The molecule has 4 aromatic rings. The predicted molar refractivity (Wildman–Crippen MR) is 114 cm³/mol. The van der Waals surface area contributed by atoms with Gasteiger partial charge in [-0.1, -0.05) is 35.9 Å². The highest BCUT2D eigenvalue weighted by Crippen LogP contribution is 2.41. The average Bonchev–Trinajstić information content (AvgIpc) is 3.00. The first-order valence-electron chi connectivity index (χ1n) is 9.60. The third kappa shape index (κ3) is 3.25. The molecule has 3 nitrogen and oxygen atoms in total. The van der Waals surface area contributed by atoms with Crippen LogP contribution in [0.15, 0.2) is 66.9 Å². The van der Waals surface area contributed by atoms with Crippen LogP contribution in [-0.2, 0) is 11.3 Å². The molecule has 1 aliphatic rings. The van der Waals surface area contributed by atoms with Crippen LogP contribution in [0.4, 0.5) is 14.5 Å². The van der Waals surface area contributed by atoms with Crippen molar-refractivity contribution in [3.8, 4) is 0 Å². The summed E-state index contributed by atoms with van der Waals surface area (Å²) in [5.74, 6) is -1.16. The second kappa shape index (κ2) is 7.26. The van der Waals surface area contributed by atoms with E-state index in [-0.39, 0.29) is 29.1 Å². The van der Waals surface area contributed by atoms with E-state index < -0.39 is 5.82 Å². The first-order valence-corrected chi connectivity index (χ1v) is 9.98. The summed E-state index contributed by atoms with van der Waals surface area (Å²) in [6, 6.07) is 16.8. The number of halogens is 3. The highest BCUT2D eigenvalue weighted by atomic mass is 35.5. The molecule has 1 amide bonds. The molecule has 0 spiro atoms. The minimum Gasteiger partial charge on any atom is -0.343 e. The lowest BCUT2D eigenvalue weighted by atomic mass is 9.88. The van der Waals surface area contributed by atoms with Gasteiger partial charge in [-0.3, -0.25) is 4.79 Å². The number of carbonyl (C=O) groups excluding carboxylic acids is 1. The number of carbonyl (C=O) groups is 1. The largest absolute Gasteiger partial charge is 0.343 e. The Labute approximate surface area is 176 Å². The molecular weight excluding hydrogens is 406 g/mol. The number of rotatable bonds is 3. The van der Waals surface area contributed by atoms with Crippen molar-refractivity contribution in [2.45, 2.75) is 18.9 Å². The molecule has 0 aliphatic carbocycles. The second-order valence-corrected chi connectivity index (χ2v) is 7.93. The fourth-order valence-electron chi connectivity index (χ4n) is 4.24. The summed E-state index contributed by atoms with van der Waals surface area (Å²) < 4.78 is 29.5. The van der Waals surface area contributed by atoms with E-state index in [9.17, 15) is 13.6 Å². The summed E-state index contributed by atoms with van der Waals surface area (Å²) in [5.41, 5.74) is 4.25. The molecule has 150 valence electrons. The van der Waals surface area contributed by atoms with Crippen LogP contribution >= 0.6 is 11.6 Å². The molecule has 2 heterocycles. The third-order valence-electron chi connectivity index (χ3n) is 5.56. The van der Waals surface area contributed by atoms with E-state index in [2.05, 4.69) is 9.88 Å². The van der Waals surface area contributed by atoms with Crippen molar-refractivity contribution in [3.63, 3.8) is 0 Å². The summed E-state index contributed by atoms with van der Waals surface area (Å²) in [4.78, 5) is 12.6. The minimum absolute atomic E-state index is 0.0286. The molecule has 0 radical (unpaired) electrons. The molecular formula is C24H17ClF2N2O. The fraction of sp³-hybridized carbons (Fsp3) is 0.125. The first kappa shape index (κ1) is 18.8. The number of aromatic nitrogens is 1. The van der Waals surface area contributed by atoms with Gasteiger partial charge in [-0.2, -0.15) is 0 Å². The lowest BCUT2D eigenvalue weighted by Gasteiger charge is -2.15. The van der Waals surface area contributed by atoms with Crippen molar-refractivity contribution in [1.29, 1.82) is 0 Å². The maximum atomic E-state index is 13.7. The molecule has 5 rings (SSSR count). The Kier molecular flexibility index (Phi) is 4.55. The van der Waals surface area contributed by atoms with Gasteiger partial charge in [0.2, 0.25) is 5.91 Å². The van der Waals surface area contributed by atoms with Crippen molar-refractivity contribution in [2.75, 3.05) is 5.32 Å². The van der Waals surface area contributed by atoms with E-state index in [1.807, 2.05) is 30.5 Å². The summed E-state index contributed by atoms with van der Waals surface area (Å²) in [7, 11) is 0. The monoisotopic (exact) mass is 422 g/mol. The zero-order valence-corrected chi connectivity index (χ0v) is 16.6. The minimum atomic E-state index is -0.493. The lowest BCUT2D eigenvalue weighted by molar-refractivity contribution is -0.116. The Hall–Kier alpha value is -3.18. The number of benzene rings is 3. The van der Waals surface area contributed by atoms with Gasteiger partial charge in [0.25, 0.3) is 0 Å². The van der Waals surface area contributed by atoms with Gasteiger partial charge in [-0.25, -0.2) is 8.78 Å². The molecule has 1 N–H and O–H groups in total. The summed E-state index contributed by atoms with van der Waals surface area (Å²) >= 11 is 6.02. The van der Waals surface area contributed by atoms with Gasteiger partial charge in [0.05, 0.1) is 16.2 Å². The highest BCUT2D eigenvalue weighted by Gasteiger charge is 2.28. The van der Waals surface area contributed by atoms with Crippen molar-refractivity contribution < 1.29 is 13.6 Å². The van der Waals surface area contributed by atoms with E-state index >= 15 is 0 Å². The number of amides is 1. The Balaban J connectivity index is 1.69. The molecule has 0 saturated carbocycles. The Morgan fingerprint density at radius 1 is 1.07 bits per heavy atom. The molecule has 1 unspecified atom stereocenters. The first-order chi connectivity index (χ1) is 14.5. The molecule has 3 aromatic carbocycles. The molecule has 0 fully saturated rings. The smallest absolute Gasteiger partial charge is 0.225 e. The average molecular weight is 423 g/mol. The standard InChI is InChI=1S/C24H17ClF2N2O/c25-19-10-15(7-8-20(19)27)17-11-23(30)28-21-5-2-6-22-24(21)18(17)13-29(22)12-14-3-1-4-16(26)9-14/h1-10,13,17H,11-12H2,(H,28,30). The topological polar surface area (TPSA) is 34.0 Å². The zero-order valence-electron chi connectivity index (χ0n) is 15.8. The molecule has 0 bridgehead atoms. The number of anilines is 1. The van der Waals surface area contributed by atoms with Crippen LogP contribution in [0.25, 0.3) is 10.9 Å². The van der Waals surface area contributed by atoms with E-state index in [0.29, 0.717) is 6.54 Å². The van der Waals surface area contributed by atoms with Crippen molar-refractivity contribution in [2.24, 2.45) is 0 Å². The Bertz CT molecular complexity index is 1300. The second-order valence-electron chi connectivity index (χ2n) is 7.52. The van der Waals surface area contributed by atoms with Crippen LogP contribution in [0, 0.1) is 11.6 Å². The van der Waals surface area contributed by atoms with Crippen LogP contribution in [0.1, 0.15) is 29.0 Å². The van der Waals surface area contributed by atoms with Gasteiger partial charge in [0.15, 0.2) is 0 Å². The van der Waals surface area contributed by atoms with Crippen molar-refractivity contribution in [1.82, 2.24) is 4.57 Å². The lowest BCUT2D eigenvalue weighted by Crippen LogP contribution is -2.14. The molecule has 6 heteroatoms. The number of hydrogen-bond donors (Lipinski definition) is 1. The van der Waals surface area contributed by atoms with E-state index in [1.54, 1.807) is 18.2 Å². The zero-order chi connectivity index (χ0) is 20.8. The van der Waals surface area contributed by atoms with Crippen LogP contribution in [0.5, 0.6) is 0 Å². The van der Waals surface area contributed by atoms with Gasteiger partial charge in [0.1, 0.15) is 11.6 Å². The van der Waals surface area contributed by atoms with Crippen LogP contribution in [0.2, 0.25) is 5.02 Å². The maximum Gasteiger partial charge on any atom is 0.225 e. The van der Waals surface area contributed by atoms with Crippen molar-refractivity contribution in [3.05, 3.63) is 100 Å². The Morgan fingerprint density at radius 3 is 2.70 bits per heavy atom. The van der Waals surface area contributed by atoms with Gasteiger partial charge in [-0.05, 0) is 53.1 Å². The normalized spacial score (nSPS) is 15.8. The van der Waals surface area contributed by atoms with E-state index in [0.717, 1.165) is 33.3 Å². The summed E-state index contributed by atoms with van der Waals surface area (Å²) in [5, 5.41) is 3.94. The van der Waals surface area contributed by atoms with Crippen LogP contribution < -0.4 is 5.32 Å². The number of nitrogens with zero attached hydrogens (tertiary/aromatic N) is 1. The molecule has 30 heavy (non-hydrogen) atoms. The summed E-state index contributed by atoms with van der Waals surface area (Å²) in [6.07, 6.45) is 2.22. The Morgan fingerprint density at radius 2 is 1.90 bits per heavy atom. The van der Waals surface area contributed by atoms with Gasteiger partial charge in [-0.15, -0.1) is 0 Å². The fourth-order valence-corrected chi connectivity index (χ4v) is 4.43. The maximum absolute atomic E-state index is 13.7. The molecule has 1 aliphatic heterocycles. The van der Waals surface area contributed by atoms with Gasteiger partial charge in [0, 0.05) is 30.5 Å². The summed E-state index contributed by atoms with van der Waals surface area (Å²) in [6.45, 7) is 0.489. The SMILES string of the molecule is O=C1CC(c2ccc(F)c(Cl)c2)c2cn(Cc3cccc(F)c3)c3cccc(c23)N1. The number of nitrogens with one attached hydrogen (secondary N) is 1. The predicted octanol–water partition coefficient (Wildman–Crippen LogP) is 6.10. The van der Waals surface area contributed by atoms with E-state index in [1.165, 1.54) is 18.2 Å². The van der Waals surface area contributed by atoms with Crippen LogP contribution in [0.3, 0.4) is 0 Å². The van der Waals surface area contributed by atoms with Gasteiger partial charge < -0.3 is 9.88 Å². The molecule has 0 saturated heterocycles. The molecule has 1 aromatic heterocycles. The number of hydrogen-bond acceptors (Lipinski definition) is 1. The highest BCUT2D eigenvalue weighted by molar-refractivity contribution is 6.30. The van der Waals surface area contributed by atoms with Gasteiger partial charge >= 0.3 is 0 Å².